The molecule has 1 aliphatic rings. The van der Waals surface area contributed by atoms with Crippen molar-refractivity contribution in [2.24, 2.45) is 5.29 Å². The van der Waals surface area contributed by atoms with E-state index in [4.69, 9.17) is 9.47 Å². The molecule has 2 amide bonds. The van der Waals surface area contributed by atoms with E-state index in [9.17, 15) is 30.1 Å². The molecule has 11 heteroatoms. The number of ether oxygens (including phenoxy) is 2. The summed E-state index contributed by atoms with van der Waals surface area (Å²) in [7, 11) is 0. The summed E-state index contributed by atoms with van der Waals surface area (Å²) in [5, 5.41) is 45.0. The molecule has 1 rings (SSSR count). The van der Waals surface area contributed by atoms with Gasteiger partial charge >= 0.3 is 6.03 Å². The van der Waals surface area contributed by atoms with Gasteiger partial charge in [-0.15, -0.1) is 4.91 Å². The van der Waals surface area contributed by atoms with Gasteiger partial charge in [0, 0.05) is 13.2 Å². The molecule has 0 radical (unpaired) electrons. The largest absolute Gasteiger partial charge is 0.387 e. The molecule has 146 valence electrons. The van der Waals surface area contributed by atoms with Gasteiger partial charge in [0.1, 0.15) is 24.4 Å². The zero-order valence-electron chi connectivity index (χ0n) is 14.3. The molecule has 1 aliphatic heterocycles. The number of hydrogen-bond acceptors (Lipinski definition) is 9. The normalized spacial score (nSPS) is 30.6. The van der Waals surface area contributed by atoms with E-state index in [-0.39, 0.29) is 13.2 Å². The molecule has 0 aromatic rings. The van der Waals surface area contributed by atoms with Crippen LogP contribution in [-0.4, -0.2) is 81.6 Å². The number of urea groups is 1. The van der Waals surface area contributed by atoms with Crippen LogP contribution >= 0.6 is 0 Å². The van der Waals surface area contributed by atoms with Crippen molar-refractivity contribution in [1.82, 2.24) is 10.3 Å². The molecule has 0 bridgehead atoms. The van der Waals surface area contributed by atoms with E-state index in [0.717, 1.165) is 6.42 Å². The molecule has 1 heterocycles. The Morgan fingerprint density at radius 3 is 2.48 bits per heavy atom. The van der Waals surface area contributed by atoms with Gasteiger partial charge < -0.3 is 35.2 Å². The van der Waals surface area contributed by atoms with Crippen molar-refractivity contribution in [3.8, 4) is 0 Å². The van der Waals surface area contributed by atoms with E-state index in [0.29, 0.717) is 17.9 Å². The standard InChI is InChI=1S/C14H27N3O8/c1-3-5-6-17(16-23)14(22)15-12(21)11-9(19)8(18)10(20)13(25-11)24-7-4-2/h8-13,18-21H,3-7H2,1-2H3,(H,15,22)/t8-,9-,10+,11-,12?,13-/m0/s1. The third-order valence-corrected chi connectivity index (χ3v) is 3.73. The number of carbonyl (C=O) groups excluding carboxylic acids is 1. The third-order valence-electron chi connectivity index (χ3n) is 3.73. The smallest absolute Gasteiger partial charge is 0.342 e. The maximum absolute atomic E-state index is 11.9. The number of nitrogens with one attached hydrogen (secondary N) is 1. The van der Waals surface area contributed by atoms with E-state index in [1.807, 2.05) is 13.8 Å². The van der Waals surface area contributed by atoms with Crippen LogP contribution < -0.4 is 5.32 Å². The number of hydrogen-bond donors (Lipinski definition) is 5. The lowest BCUT2D eigenvalue weighted by molar-refractivity contribution is -0.311. The summed E-state index contributed by atoms with van der Waals surface area (Å²) >= 11 is 0. The summed E-state index contributed by atoms with van der Waals surface area (Å²) < 4.78 is 10.5. The number of unbranched alkanes of at least 4 members (excludes halogenated alkanes) is 1. The first-order valence-corrected chi connectivity index (χ1v) is 8.27. The van der Waals surface area contributed by atoms with E-state index >= 15 is 0 Å². The van der Waals surface area contributed by atoms with Gasteiger partial charge in [0.25, 0.3) is 0 Å². The number of aliphatic hydroxyl groups excluding tert-OH is 4. The van der Waals surface area contributed by atoms with Crippen molar-refractivity contribution < 1.29 is 34.7 Å². The minimum atomic E-state index is -1.76. The van der Waals surface area contributed by atoms with Crippen LogP contribution in [0.2, 0.25) is 0 Å². The Hall–Kier alpha value is -1.37. The average molecular weight is 365 g/mol. The first kappa shape index (κ1) is 21.7. The minimum absolute atomic E-state index is 0.0657. The van der Waals surface area contributed by atoms with Crippen molar-refractivity contribution in [3.63, 3.8) is 0 Å². The molecule has 1 saturated heterocycles. The maximum atomic E-state index is 11.9. The van der Waals surface area contributed by atoms with Crippen molar-refractivity contribution in [3.05, 3.63) is 4.91 Å². The van der Waals surface area contributed by atoms with E-state index in [1.165, 1.54) is 0 Å². The van der Waals surface area contributed by atoms with Crippen LogP contribution in [0.25, 0.3) is 0 Å². The summed E-state index contributed by atoms with van der Waals surface area (Å²) in [6.07, 6.45) is -7.47. The zero-order valence-corrected chi connectivity index (χ0v) is 14.3. The number of carbonyl (C=O) groups is 1. The molecule has 5 N–H and O–H groups in total. The highest BCUT2D eigenvalue weighted by molar-refractivity contribution is 5.73. The summed E-state index contributed by atoms with van der Waals surface area (Å²) in [4.78, 5) is 22.6. The molecule has 0 aromatic carbocycles. The molecular weight excluding hydrogens is 338 g/mol. The van der Waals surface area contributed by atoms with Crippen molar-refractivity contribution in [2.45, 2.75) is 70.0 Å². The van der Waals surface area contributed by atoms with Crippen LogP contribution in [-0.2, 0) is 9.47 Å². The Bertz CT molecular complexity index is 427. The average Bonchev–Trinajstić information content (AvgIpc) is 2.59. The zero-order chi connectivity index (χ0) is 19.0. The van der Waals surface area contributed by atoms with Crippen LogP contribution in [0.5, 0.6) is 0 Å². The fourth-order valence-corrected chi connectivity index (χ4v) is 2.28. The van der Waals surface area contributed by atoms with Crippen LogP contribution in [0.4, 0.5) is 4.79 Å². The van der Waals surface area contributed by atoms with Gasteiger partial charge in [-0.1, -0.05) is 20.3 Å². The van der Waals surface area contributed by atoms with Gasteiger partial charge in [-0.2, -0.15) is 5.01 Å². The minimum Gasteiger partial charge on any atom is -0.387 e. The summed E-state index contributed by atoms with van der Waals surface area (Å²) in [5.74, 6) is 0. The van der Waals surface area contributed by atoms with Gasteiger partial charge in [0.05, 0.1) is 5.29 Å². The Kier molecular flexibility index (Phi) is 9.17. The molecule has 0 aromatic heterocycles. The summed E-state index contributed by atoms with van der Waals surface area (Å²) in [6.45, 7) is 3.98. The van der Waals surface area contributed by atoms with Crippen LogP contribution in [0.1, 0.15) is 33.1 Å². The summed E-state index contributed by atoms with van der Waals surface area (Å²) in [6, 6.07) is -0.974. The van der Waals surface area contributed by atoms with Gasteiger partial charge in [-0.3, -0.25) is 0 Å². The lowest BCUT2D eigenvalue weighted by atomic mass is 9.98. The van der Waals surface area contributed by atoms with Crippen molar-refractivity contribution >= 4 is 6.03 Å². The molecule has 0 saturated carbocycles. The highest BCUT2D eigenvalue weighted by Crippen LogP contribution is 2.24. The first-order valence-electron chi connectivity index (χ1n) is 8.27. The maximum Gasteiger partial charge on any atom is 0.342 e. The van der Waals surface area contributed by atoms with Crippen molar-refractivity contribution in [2.75, 3.05) is 13.2 Å². The Morgan fingerprint density at radius 2 is 1.92 bits per heavy atom. The monoisotopic (exact) mass is 365 g/mol. The van der Waals surface area contributed by atoms with Crippen LogP contribution in [0, 0.1) is 4.91 Å². The molecule has 6 atom stereocenters. The van der Waals surface area contributed by atoms with Gasteiger partial charge in [-0.25, -0.2) is 4.79 Å². The Labute approximate surface area is 145 Å². The van der Waals surface area contributed by atoms with Crippen LogP contribution in [0.15, 0.2) is 5.29 Å². The topological polar surface area (TPSA) is 161 Å². The lowest BCUT2D eigenvalue weighted by Crippen LogP contribution is -2.64. The number of nitroso groups, excluding NO2 is 1. The van der Waals surface area contributed by atoms with Crippen molar-refractivity contribution in [1.29, 1.82) is 0 Å². The Balaban J connectivity index is 2.72. The predicted octanol–water partition coefficient (Wildman–Crippen LogP) is -0.968. The third kappa shape index (κ3) is 5.83. The van der Waals surface area contributed by atoms with Gasteiger partial charge in [0.15, 0.2) is 12.5 Å². The highest BCUT2D eigenvalue weighted by atomic mass is 16.7. The SMILES string of the molecule is CCCCN(N=O)C(=O)NC(O)[C@H]1O[C@H](OCCC)[C@H](O)[C@@H](O)[C@@H]1O. The number of aliphatic hydroxyl groups is 4. The second-order valence-corrected chi connectivity index (χ2v) is 5.76. The molecule has 1 unspecified atom stereocenters. The van der Waals surface area contributed by atoms with Gasteiger partial charge in [-0.05, 0) is 12.8 Å². The van der Waals surface area contributed by atoms with Gasteiger partial charge in [0.2, 0.25) is 0 Å². The molecular formula is C14H27N3O8. The van der Waals surface area contributed by atoms with Crippen LogP contribution in [0.3, 0.4) is 0 Å². The number of amides is 2. The quantitative estimate of drug-likeness (QED) is 0.198. The molecule has 0 aliphatic carbocycles. The molecule has 0 spiro atoms. The van der Waals surface area contributed by atoms with E-state index in [1.54, 1.807) is 0 Å². The fourth-order valence-electron chi connectivity index (χ4n) is 2.28. The van der Waals surface area contributed by atoms with E-state index in [2.05, 4.69) is 10.6 Å². The fraction of sp³-hybridized carbons (Fsp3) is 0.929. The van der Waals surface area contributed by atoms with E-state index < -0.39 is 43.0 Å². The molecule has 11 nitrogen and oxygen atoms in total. The second kappa shape index (κ2) is 10.6. The lowest BCUT2D eigenvalue weighted by Gasteiger charge is -2.41. The first-order chi connectivity index (χ1) is 11.9. The Morgan fingerprint density at radius 1 is 1.24 bits per heavy atom. The number of nitrogens with zero attached hydrogens (tertiary/aromatic N) is 2. The molecule has 1 fully saturated rings. The molecule has 25 heavy (non-hydrogen) atoms. The predicted molar refractivity (Wildman–Crippen MR) is 84.9 cm³/mol. The number of rotatable bonds is 9. The second-order valence-electron chi connectivity index (χ2n) is 5.76. The highest BCUT2D eigenvalue weighted by Gasteiger charge is 2.47. The summed E-state index contributed by atoms with van der Waals surface area (Å²) in [5.41, 5.74) is 0.